The standard InChI is InChI=1S/C23H48S4Si2/c1-20(2,3)28(7,8)22(24-16-12-17-25-22)14-11-15-23(26-18-13-19-27-23)29(9,10)21(4,5)6/h11-19H2,1-10H3. The van der Waals surface area contributed by atoms with Crippen molar-refractivity contribution in [1.82, 2.24) is 0 Å². The largest absolute Gasteiger partial charge is 0.148 e. The van der Waals surface area contributed by atoms with Crippen LogP contribution in [0.3, 0.4) is 0 Å². The summed E-state index contributed by atoms with van der Waals surface area (Å²) in [4.78, 5) is 0. The molecule has 6 heteroatoms. The van der Waals surface area contributed by atoms with E-state index in [-0.39, 0.29) is 0 Å². The third-order valence-electron chi connectivity index (χ3n) is 8.58. The molecule has 29 heavy (non-hydrogen) atoms. The van der Waals surface area contributed by atoms with Gasteiger partial charge in [-0.25, -0.2) is 0 Å². The minimum atomic E-state index is -1.42. The van der Waals surface area contributed by atoms with Gasteiger partial charge >= 0.3 is 0 Å². The normalized spacial score (nSPS) is 23.8. The first kappa shape index (κ1) is 27.1. The van der Waals surface area contributed by atoms with Crippen molar-refractivity contribution in [3.05, 3.63) is 0 Å². The zero-order valence-electron chi connectivity index (χ0n) is 21.0. The summed E-state index contributed by atoms with van der Waals surface area (Å²) in [5.74, 6) is 5.54. The SMILES string of the molecule is CC(C)(C)[Si](C)(C)C1(CCCC2([Si](C)(C)C(C)(C)C)SCCCS2)SCCCS1. The van der Waals surface area contributed by atoms with Crippen molar-refractivity contribution >= 4 is 63.2 Å². The quantitative estimate of drug-likeness (QED) is 0.327. The summed E-state index contributed by atoms with van der Waals surface area (Å²) >= 11 is 9.46. The lowest BCUT2D eigenvalue weighted by Gasteiger charge is -2.55. The Morgan fingerprint density at radius 3 is 1.10 bits per heavy atom. The Hall–Kier alpha value is 1.83. The smallest absolute Gasteiger partial charge is 0.0835 e. The van der Waals surface area contributed by atoms with Crippen LogP contribution in [0.25, 0.3) is 0 Å². The van der Waals surface area contributed by atoms with Crippen LogP contribution in [0.2, 0.25) is 36.3 Å². The van der Waals surface area contributed by atoms with E-state index in [1.165, 1.54) is 55.1 Å². The summed E-state index contributed by atoms with van der Waals surface area (Å²) in [7, 11) is -2.85. The summed E-state index contributed by atoms with van der Waals surface area (Å²) in [5.41, 5.74) is 0. The lowest BCUT2D eigenvalue weighted by Crippen LogP contribution is -2.58. The van der Waals surface area contributed by atoms with Crippen LogP contribution in [0, 0.1) is 0 Å². The average molecular weight is 509 g/mol. The van der Waals surface area contributed by atoms with Gasteiger partial charge in [-0.15, -0.1) is 47.0 Å². The molecule has 0 aromatic carbocycles. The predicted molar refractivity (Wildman–Crippen MR) is 153 cm³/mol. The summed E-state index contributed by atoms with van der Waals surface area (Å²) in [6, 6.07) is 0. The second-order valence-corrected chi connectivity index (χ2v) is 31.0. The van der Waals surface area contributed by atoms with Crippen molar-refractivity contribution in [3.63, 3.8) is 0 Å². The van der Waals surface area contributed by atoms with Gasteiger partial charge in [-0.2, -0.15) is 0 Å². The molecule has 0 amide bonds. The Morgan fingerprint density at radius 2 is 0.862 bits per heavy atom. The molecular weight excluding hydrogens is 461 g/mol. The van der Waals surface area contributed by atoms with E-state index in [4.69, 9.17) is 0 Å². The fourth-order valence-corrected chi connectivity index (χ4v) is 24.7. The van der Waals surface area contributed by atoms with Crippen molar-refractivity contribution in [3.8, 4) is 0 Å². The number of rotatable bonds is 6. The highest BCUT2D eigenvalue weighted by Crippen LogP contribution is 2.61. The maximum absolute atomic E-state index is 2.70. The van der Waals surface area contributed by atoms with Gasteiger partial charge in [0.25, 0.3) is 0 Å². The minimum absolute atomic E-state index is 0.468. The zero-order valence-corrected chi connectivity index (χ0v) is 26.3. The van der Waals surface area contributed by atoms with E-state index in [1.807, 2.05) is 0 Å². The fourth-order valence-electron chi connectivity index (χ4n) is 4.48. The van der Waals surface area contributed by atoms with Crippen molar-refractivity contribution in [1.29, 1.82) is 0 Å². The van der Waals surface area contributed by atoms with Crippen molar-refractivity contribution in [2.24, 2.45) is 0 Å². The van der Waals surface area contributed by atoms with E-state index in [9.17, 15) is 0 Å². The molecule has 0 radical (unpaired) electrons. The minimum Gasteiger partial charge on any atom is -0.148 e. The second kappa shape index (κ2) is 9.60. The van der Waals surface area contributed by atoms with Crippen LogP contribution in [0.1, 0.15) is 73.6 Å². The monoisotopic (exact) mass is 508 g/mol. The van der Waals surface area contributed by atoms with Gasteiger partial charge in [-0.3, -0.25) is 0 Å². The Kier molecular flexibility index (Phi) is 8.96. The average Bonchev–Trinajstić information content (AvgIpc) is 2.61. The van der Waals surface area contributed by atoms with Gasteiger partial charge in [0, 0.05) is 0 Å². The van der Waals surface area contributed by atoms with Crippen LogP contribution in [-0.2, 0) is 0 Å². The maximum atomic E-state index is 2.70. The van der Waals surface area contributed by atoms with Crippen LogP contribution in [-0.4, -0.2) is 46.6 Å². The molecule has 2 rings (SSSR count). The molecule has 2 aliphatic heterocycles. The third-order valence-corrected chi connectivity index (χ3v) is 34.3. The molecule has 2 fully saturated rings. The first-order chi connectivity index (χ1) is 13.1. The van der Waals surface area contributed by atoms with E-state index in [0.29, 0.717) is 17.5 Å². The van der Waals surface area contributed by atoms with Gasteiger partial charge in [-0.05, 0) is 65.2 Å². The third kappa shape index (κ3) is 5.33. The molecule has 0 bridgehead atoms. The maximum Gasteiger partial charge on any atom is 0.0835 e. The van der Waals surface area contributed by atoms with Gasteiger partial charge < -0.3 is 0 Å². The second-order valence-electron chi connectivity index (χ2n) is 12.2. The van der Waals surface area contributed by atoms with Gasteiger partial charge in [0.1, 0.15) is 0 Å². The van der Waals surface area contributed by atoms with Crippen LogP contribution in [0.5, 0.6) is 0 Å². The lowest BCUT2D eigenvalue weighted by molar-refractivity contribution is 0.635. The zero-order chi connectivity index (χ0) is 22.2. The Balaban J connectivity index is 2.24. The lowest BCUT2D eigenvalue weighted by atomic mass is 10.2. The Labute approximate surface area is 202 Å². The van der Waals surface area contributed by atoms with E-state index >= 15 is 0 Å². The topological polar surface area (TPSA) is 0 Å². The van der Waals surface area contributed by atoms with Crippen LogP contribution >= 0.6 is 47.0 Å². The molecule has 0 aromatic heterocycles. The molecule has 0 aliphatic carbocycles. The van der Waals surface area contributed by atoms with E-state index in [1.54, 1.807) is 0 Å². The van der Waals surface area contributed by atoms with Crippen molar-refractivity contribution in [2.45, 2.75) is 117 Å². The molecule has 2 saturated heterocycles. The van der Waals surface area contributed by atoms with Crippen LogP contribution < -0.4 is 0 Å². The molecule has 0 atom stereocenters. The molecule has 0 spiro atoms. The molecule has 0 nitrogen and oxygen atoms in total. The fraction of sp³-hybridized carbons (Fsp3) is 1.00. The van der Waals surface area contributed by atoms with E-state index < -0.39 is 16.1 Å². The van der Waals surface area contributed by atoms with Gasteiger partial charge in [0.2, 0.25) is 0 Å². The Morgan fingerprint density at radius 1 is 0.586 bits per heavy atom. The highest BCUT2D eigenvalue weighted by Gasteiger charge is 2.56. The highest BCUT2D eigenvalue weighted by atomic mass is 32.2. The van der Waals surface area contributed by atoms with E-state index in [0.717, 1.165) is 0 Å². The summed E-state index contributed by atoms with van der Waals surface area (Å²) < 4.78 is 1.03. The van der Waals surface area contributed by atoms with Gasteiger partial charge in [0.05, 0.1) is 23.6 Å². The number of hydrogen-bond donors (Lipinski definition) is 0. The van der Waals surface area contributed by atoms with Gasteiger partial charge in [0.15, 0.2) is 0 Å². The number of hydrogen-bond acceptors (Lipinski definition) is 4. The number of thioether (sulfide) groups is 4. The molecular formula is C23H48S4Si2. The summed E-state index contributed by atoms with van der Waals surface area (Å²) in [6.45, 7) is 26.0. The summed E-state index contributed by atoms with van der Waals surface area (Å²) in [6.07, 6.45) is 7.13. The van der Waals surface area contributed by atoms with Crippen molar-refractivity contribution in [2.75, 3.05) is 23.0 Å². The first-order valence-electron chi connectivity index (χ1n) is 11.7. The highest BCUT2D eigenvalue weighted by molar-refractivity contribution is 8.21. The molecule has 2 heterocycles. The molecule has 2 aliphatic rings. The molecule has 172 valence electrons. The van der Waals surface area contributed by atoms with Crippen LogP contribution in [0.4, 0.5) is 0 Å². The van der Waals surface area contributed by atoms with Gasteiger partial charge in [-0.1, -0.05) is 67.7 Å². The molecule has 0 unspecified atom stereocenters. The van der Waals surface area contributed by atoms with E-state index in [2.05, 4.69) is 115 Å². The molecule has 0 N–H and O–H groups in total. The predicted octanol–water partition coefficient (Wildman–Crippen LogP) is 9.38. The molecule has 0 aromatic rings. The van der Waals surface area contributed by atoms with Crippen LogP contribution in [0.15, 0.2) is 0 Å². The van der Waals surface area contributed by atoms with Crippen molar-refractivity contribution < 1.29 is 0 Å². The summed E-state index contributed by atoms with van der Waals surface area (Å²) in [5, 5.41) is 0.936. The first-order valence-corrected chi connectivity index (χ1v) is 21.6. The Bertz CT molecular complexity index is 486. The molecule has 0 saturated carbocycles.